The number of sulfone groups is 1. The number of aryl methyl sites for hydroxylation is 1. The lowest BCUT2D eigenvalue weighted by atomic mass is 10.1. The lowest BCUT2D eigenvalue weighted by Crippen LogP contribution is -2.29. The van der Waals surface area contributed by atoms with E-state index in [1.165, 1.54) is 24.9 Å². The third-order valence-corrected chi connectivity index (χ3v) is 8.14. The zero-order chi connectivity index (χ0) is 23.4. The Morgan fingerprint density at radius 2 is 1.67 bits per heavy atom. The van der Waals surface area contributed by atoms with Crippen molar-refractivity contribution in [1.82, 2.24) is 9.97 Å². The van der Waals surface area contributed by atoms with Crippen LogP contribution >= 0.6 is 0 Å². The van der Waals surface area contributed by atoms with Crippen LogP contribution in [0.25, 0.3) is 11.3 Å². The van der Waals surface area contributed by atoms with E-state index in [0.717, 1.165) is 29.9 Å². The van der Waals surface area contributed by atoms with Gasteiger partial charge < -0.3 is 4.90 Å². The Morgan fingerprint density at radius 3 is 2.36 bits per heavy atom. The predicted molar refractivity (Wildman–Crippen MR) is 135 cm³/mol. The second-order valence-electron chi connectivity index (χ2n) is 8.62. The molecule has 3 aromatic rings. The summed E-state index contributed by atoms with van der Waals surface area (Å²) in [4.78, 5) is 11.9. The van der Waals surface area contributed by atoms with Crippen LogP contribution in [0.15, 0.2) is 59.6 Å². The van der Waals surface area contributed by atoms with Crippen LogP contribution in [0.3, 0.4) is 0 Å². The summed E-state index contributed by atoms with van der Waals surface area (Å²) in [6.45, 7) is 7.40. The van der Waals surface area contributed by atoms with Gasteiger partial charge in [0.05, 0.1) is 33.4 Å². The van der Waals surface area contributed by atoms with E-state index < -0.39 is 15.1 Å². The van der Waals surface area contributed by atoms with Crippen molar-refractivity contribution in [2.45, 2.75) is 50.2 Å². The number of nitrogens with zero attached hydrogens (tertiary/aromatic N) is 3. The molecule has 0 atom stereocenters. The molecule has 1 fully saturated rings. The number of piperidine rings is 1. The van der Waals surface area contributed by atoms with Crippen molar-refractivity contribution in [3.63, 3.8) is 0 Å². The Bertz CT molecular complexity index is 1300. The summed E-state index contributed by atoms with van der Waals surface area (Å²) in [5.74, 6) is 6.54. The van der Waals surface area contributed by atoms with Gasteiger partial charge in [-0.2, -0.15) is 0 Å². The zero-order valence-electron chi connectivity index (χ0n) is 19.4. The molecule has 1 aliphatic rings. The number of para-hydroxylation sites is 1. The molecule has 0 radical (unpaired) electrons. The van der Waals surface area contributed by atoms with Crippen molar-refractivity contribution in [2.75, 3.05) is 18.0 Å². The smallest absolute Gasteiger partial charge is 0.180 e. The highest BCUT2D eigenvalue weighted by Gasteiger charge is 2.19. The molecule has 1 aromatic heterocycles. The van der Waals surface area contributed by atoms with E-state index in [-0.39, 0.29) is 1.43 Å². The summed E-state index contributed by atoms with van der Waals surface area (Å²) in [6.07, 6.45) is 5.42. The molecule has 2 heterocycles. The molecule has 2 aromatic carbocycles. The maximum Gasteiger partial charge on any atom is 0.180 e. The molecule has 0 unspecified atom stereocenters. The maximum absolute atomic E-state index is 12.4. The second-order valence-corrected chi connectivity index (χ2v) is 11.1. The molecule has 33 heavy (non-hydrogen) atoms. The Balaban J connectivity index is 0.00000324. The minimum absolute atomic E-state index is 0. The highest BCUT2D eigenvalue weighted by molar-refractivity contribution is 7.92. The van der Waals surface area contributed by atoms with Gasteiger partial charge in [0.2, 0.25) is 0 Å². The molecule has 0 amide bonds. The number of rotatable bonds is 4. The van der Waals surface area contributed by atoms with Gasteiger partial charge in [0, 0.05) is 25.6 Å². The van der Waals surface area contributed by atoms with Gasteiger partial charge in [-0.1, -0.05) is 30.2 Å². The van der Waals surface area contributed by atoms with Gasteiger partial charge in [0.15, 0.2) is 9.84 Å². The van der Waals surface area contributed by atoms with Crippen LogP contribution in [-0.4, -0.2) is 36.7 Å². The molecule has 0 N–H and O–H groups in total. The minimum atomic E-state index is -3.31. The summed E-state index contributed by atoms with van der Waals surface area (Å²) < 4.78 is 24.8. The van der Waals surface area contributed by atoms with Gasteiger partial charge in [0.1, 0.15) is 5.69 Å². The number of anilines is 1. The Morgan fingerprint density at radius 1 is 0.970 bits per heavy atom. The first-order chi connectivity index (χ1) is 15.9. The molecule has 0 aliphatic carbocycles. The van der Waals surface area contributed by atoms with E-state index in [1.807, 2.05) is 13.0 Å². The average Bonchev–Trinajstić information content (AvgIpc) is 2.84. The summed E-state index contributed by atoms with van der Waals surface area (Å²) in [5, 5.41) is -0.461. The Kier molecular flexibility index (Phi) is 6.80. The topological polar surface area (TPSA) is 63.2 Å². The standard InChI is InChI=1S/C27H29N3O2S.H2/c1-20(2)33(31,32)24-14-11-22(12-15-24)26-19-28-21(3)25(29-26)16-13-23-9-5-6-10-27(23)30-17-7-4-8-18-30;/h5-6,9-12,14-15,19-20H,4,7-8,17-18H2,1-3H3;1H. The van der Waals surface area contributed by atoms with E-state index in [1.54, 1.807) is 44.3 Å². The summed E-state index contributed by atoms with van der Waals surface area (Å²) in [6, 6.07) is 15.1. The number of aromatic nitrogens is 2. The highest BCUT2D eigenvalue weighted by atomic mass is 32.2. The number of hydrogen-bond donors (Lipinski definition) is 0. The normalized spacial score (nSPS) is 14.1. The van der Waals surface area contributed by atoms with Crippen LogP contribution < -0.4 is 4.90 Å². The van der Waals surface area contributed by atoms with Crippen molar-refractivity contribution in [3.8, 4) is 23.1 Å². The van der Waals surface area contributed by atoms with Crippen molar-refractivity contribution in [3.05, 3.63) is 71.7 Å². The van der Waals surface area contributed by atoms with Crippen molar-refractivity contribution >= 4 is 15.5 Å². The van der Waals surface area contributed by atoms with Crippen molar-refractivity contribution < 1.29 is 9.84 Å². The minimum Gasteiger partial charge on any atom is -0.371 e. The molecule has 5 nitrogen and oxygen atoms in total. The van der Waals surface area contributed by atoms with Gasteiger partial charge in [-0.15, -0.1) is 0 Å². The van der Waals surface area contributed by atoms with E-state index in [0.29, 0.717) is 16.3 Å². The molecule has 0 spiro atoms. The maximum atomic E-state index is 12.4. The molecule has 0 saturated carbocycles. The van der Waals surface area contributed by atoms with E-state index in [4.69, 9.17) is 4.98 Å². The molecule has 0 bridgehead atoms. The van der Waals surface area contributed by atoms with E-state index in [9.17, 15) is 8.42 Å². The van der Waals surface area contributed by atoms with Crippen LogP contribution in [0.4, 0.5) is 5.69 Å². The van der Waals surface area contributed by atoms with Crippen molar-refractivity contribution in [2.24, 2.45) is 0 Å². The Hall–Kier alpha value is -3.17. The first kappa shape index (κ1) is 23.0. The monoisotopic (exact) mass is 461 g/mol. The SMILES string of the molecule is Cc1ncc(-c2ccc(S(=O)(=O)C(C)C)cc2)nc1C#Cc1ccccc1N1CCCCC1.[HH]. The van der Waals surface area contributed by atoms with Crippen molar-refractivity contribution in [1.29, 1.82) is 0 Å². The molecule has 1 aliphatic heterocycles. The summed E-state index contributed by atoms with van der Waals surface area (Å²) in [7, 11) is -3.31. The first-order valence-electron chi connectivity index (χ1n) is 11.4. The Labute approximate surface area is 198 Å². The fourth-order valence-electron chi connectivity index (χ4n) is 3.91. The molecule has 4 rings (SSSR count). The van der Waals surface area contributed by atoms with Crippen LogP contribution in [0, 0.1) is 18.8 Å². The fourth-order valence-corrected chi connectivity index (χ4v) is 4.97. The summed E-state index contributed by atoms with van der Waals surface area (Å²) in [5.41, 5.74) is 5.04. The molecule has 1 saturated heterocycles. The summed E-state index contributed by atoms with van der Waals surface area (Å²) >= 11 is 0. The molecule has 6 heteroatoms. The van der Waals surface area contributed by atoms with Gasteiger partial charge in [-0.25, -0.2) is 13.4 Å². The number of hydrogen-bond acceptors (Lipinski definition) is 5. The van der Waals surface area contributed by atoms with Gasteiger partial charge in [-0.05, 0) is 70.2 Å². The molecular weight excluding hydrogens is 430 g/mol. The van der Waals surface area contributed by atoms with Gasteiger partial charge in [-0.3, -0.25) is 4.98 Å². The van der Waals surface area contributed by atoms with Crippen LogP contribution in [0.2, 0.25) is 0 Å². The second kappa shape index (κ2) is 9.76. The largest absolute Gasteiger partial charge is 0.371 e. The van der Waals surface area contributed by atoms with Crippen LogP contribution in [0.1, 0.15) is 51.5 Å². The lowest BCUT2D eigenvalue weighted by molar-refractivity contribution is 0.577. The van der Waals surface area contributed by atoms with Crippen LogP contribution in [0.5, 0.6) is 0 Å². The third kappa shape index (κ3) is 5.09. The fraction of sp³-hybridized carbons (Fsp3) is 0.333. The van der Waals surface area contributed by atoms with Gasteiger partial charge in [0.25, 0.3) is 0 Å². The predicted octanol–water partition coefficient (Wildman–Crippen LogP) is 5.27. The van der Waals surface area contributed by atoms with E-state index in [2.05, 4.69) is 39.9 Å². The quantitative estimate of drug-likeness (QED) is 0.495. The highest BCUT2D eigenvalue weighted by Crippen LogP contribution is 2.24. The van der Waals surface area contributed by atoms with Crippen LogP contribution in [-0.2, 0) is 9.84 Å². The third-order valence-electron chi connectivity index (χ3n) is 5.97. The molecular formula is C27H31N3O2S. The zero-order valence-corrected chi connectivity index (χ0v) is 20.2. The lowest BCUT2D eigenvalue weighted by Gasteiger charge is -2.29. The van der Waals surface area contributed by atoms with E-state index >= 15 is 0 Å². The average molecular weight is 462 g/mol. The first-order valence-corrected chi connectivity index (χ1v) is 12.9. The number of benzene rings is 2. The van der Waals surface area contributed by atoms with Gasteiger partial charge >= 0.3 is 0 Å². The molecule has 172 valence electrons.